The van der Waals surface area contributed by atoms with Crippen molar-refractivity contribution in [2.24, 2.45) is 0 Å². The Bertz CT molecular complexity index is 256. The summed E-state index contributed by atoms with van der Waals surface area (Å²) in [5.41, 5.74) is 1.93. The Morgan fingerprint density at radius 2 is 2.14 bits per heavy atom. The van der Waals surface area contributed by atoms with Crippen molar-refractivity contribution in [3.05, 3.63) is 29.6 Å². The molecular weight excluding hydrogens is 174 g/mol. The number of hydrogen-bond acceptors (Lipinski definition) is 2. The maximum Gasteiger partial charge on any atom is 0.0804 e. The summed E-state index contributed by atoms with van der Waals surface area (Å²) in [6.45, 7) is 4.12. The Labute approximate surface area is 86.0 Å². The first kappa shape index (κ1) is 11.2. The van der Waals surface area contributed by atoms with Crippen LogP contribution in [0.2, 0.25) is 0 Å². The highest BCUT2D eigenvalue weighted by molar-refractivity contribution is 5.15. The molecule has 0 radical (unpaired) electrons. The average Bonchev–Trinajstić information content (AvgIpc) is 2.19. The molecule has 0 saturated heterocycles. The zero-order valence-corrected chi connectivity index (χ0v) is 9.03. The van der Waals surface area contributed by atoms with E-state index in [-0.39, 0.29) is 6.10 Å². The monoisotopic (exact) mass is 193 g/mol. The van der Waals surface area contributed by atoms with Crippen LogP contribution in [0.5, 0.6) is 0 Å². The van der Waals surface area contributed by atoms with E-state index in [1.54, 1.807) is 6.20 Å². The Morgan fingerprint density at radius 3 is 2.71 bits per heavy atom. The lowest BCUT2D eigenvalue weighted by Crippen LogP contribution is -1.98. The number of hydrogen-bond donors (Lipinski definition) is 1. The molecule has 2 nitrogen and oxygen atoms in total. The van der Waals surface area contributed by atoms with Gasteiger partial charge in [-0.3, -0.25) is 4.98 Å². The Hall–Kier alpha value is -0.890. The second kappa shape index (κ2) is 5.76. The van der Waals surface area contributed by atoms with Crippen LogP contribution in [0.15, 0.2) is 18.3 Å². The number of aromatic nitrogens is 1. The molecule has 0 aliphatic carbocycles. The van der Waals surface area contributed by atoms with E-state index in [0.29, 0.717) is 0 Å². The summed E-state index contributed by atoms with van der Waals surface area (Å²) in [5.74, 6) is 0. The van der Waals surface area contributed by atoms with Gasteiger partial charge in [-0.25, -0.2) is 0 Å². The van der Waals surface area contributed by atoms with Gasteiger partial charge in [0.05, 0.1) is 6.10 Å². The van der Waals surface area contributed by atoms with Gasteiger partial charge in [-0.15, -0.1) is 0 Å². The molecule has 14 heavy (non-hydrogen) atoms. The highest BCUT2D eigenvalue weighted by Gasteiger charge is 2.06. The highest BCUT2D eigenvalue weighted by Crippen LogP contribution is 2.18. The van der Waals surface area contributed by atoms with E-state index >= 15 is 0 Å². The van der Waals surface area contributed by atoms with Crippen LogP contribution in [0, 0.1) is 6.92 Å². The summed E-state index contributed by atoms with van der Waals surface area (Å²) in [7, 11) is 0. The van der Waals surface area contributed by atoms with Gasteiger partial charge in [0.2, 0.25) is 0 Å². The van der Waals surface area contributed by atoms with Crippen molar-refractivity contribution in [2.75, 3.05) is 0 Å². The van der Waals surface area contributed by atoms with Crippen LogP contribution in [-0.2, 0) is 0 Å². The summed E-state index contributed by atoms with van der Waals surface area (Å²) < 4.78 is 0. The molecule has 0 fully saturated rings. The van der Waals surface area contributed by atoms with Crippen molar-refractivity contribution in [2.45, 2.75) is 45.6 Å². The van der Waals surface area contributed by atoms with Gasteiger partial charge in [-0.2, -0.15) is 0 Å². The normalized spacial score (nSPS) is 12.8. The van der Waals surface area contributed by atoms with Crippen molar-refractivity contribution in [3.8, 4) is 0 Å². The molecule has 78 valence electrons. The number of aliphatic hydroxyl groups excluding tert-OH is 1. The quantitative estimate of drug-likeness (QED) is 0.729. The van der Waals surface area contributed by atoms with Crippen molar-refractivity contribution in [1.29, 1.82) is 0 Å². The lowest BCUT2D eigenvalue weighted by Gasteiger charge is -2.09. The Kier molecular flexibility index (Phi) is 4.60. The van der Waals surface area contributed by atoms with Crippen LogP contribution < -0.4 is 0 Å². The van der Waals surface area contributed by atoms with Crippen molar-refractivity contribution in [1.82, 2.24) is 4.98 Å². The molecule has 0 aliphatic heterocycles. The van der Waals surface area contributed by atoms with E-state index in [0.717, 1.165) is 24.1 Å². The average molecular weight is 193 g/mol. The summed E-state index contributed by atoms with van der Waals surface area (Å²) in [6, 6.07) is 3.90. The van der Waals surface area contributed by atoms with Crippen LogP contribution in [0.1, 0.15) is 50.0 Å². The molecule has 0 spiro atoms. The zero-order valence-electron chi connectivity index (χ0n) is 9.03. The highest BCUT2D eigenvalue weighted by atomic mass is 16.3. The third kappa shape index (κ3) is 3.46. The van der Waals surface area contributed by atoms with Gasteiger partial charge in [-0.05, 0) is 25.0 Å². The maximum absolute atomic E-state index is 9.80. The summed E-state index contributed by atoms with van der Waals surface area (Å²) >= 11 is 0. The van der Waals surface area contributed by atoms with E-state index in [4.69, 9.17) is 0 Å². The van der Waals surface area contributed by atoms with E-state index < -0.39 is 0 Å². The molecule has 1 rings (SSSR count). The standard InChI is InChI=1S/C12H19NO/c1-3-4-5-6-12(14)11-8-7-10(2)13-9-11/h7-9,12,14H,3-6H2,1-2H3. The fourth-order valence-electron chi connectivity index (χ4n) is 1.43. The smallest absolute Gasteiger partial charge is 0.0804 e. The second-order valence-electron chi connectivity index (χ2n) is 3.74. The third-order valence-electron chi connectivity index (χ3n) is 2.40. The van der Waals surface area contributed by atoms with Gasteiger partial charge < -0.3 is 5.11 Å². The van der Waals surface area contributed by atoms with Crippen LogP contribution in [0.25, 0.3) is 0 Å². The molecular formula is C12H19NO. The number of aliphatic hydroxyl groups is 1. The Balaban J connectivity index is 2.43. The second-order valence-corrected chi connectivity index (χ2v) is 3.74. The SMILES string of the molecule is CCCCCC(O)c1ccc(C)nc1. The molecule has 1 N–H and O–H groups in total. The molecule has 0 aromatic carbocycles. The van der Waals surface area contributed by atoms with Crippen LogP contribution in [0.3, 0.4) is 0 Å². The number of aryl methyl sites for hydroxylation is 1. The van der Waals surface area contributed by atoms with Gasteiger partial charge >= 0.3 is 0 Å². The number of nitrogens with zero attached hydrogens (tertiary/aromatic N) is 1. The van der Waals surface area contributed by atoms with E-state index in [2.05, 4.69) is 11.9 Å². The van der Waals surface area contributed by atoms with Crippen molar-refractivity contribution >= 4 is 0 Å². The fraction of sp³-hybridized carbons (Fsp3) is 0.583. The minimum absolute atomic E-state index is 0.338. The molecule has 1 aromatic rings. The molecule has 0 amide bonds. The first-order valence-electron chi connectivity index (χ1n) is 5.34. The number of pyridine rings is 1. The third-order valence-corrected chi connectivity index (χ3v) is 2.40. The minimum atomic E-state index is -0.338. The van der Waals surface area contributed by atoms with Crippen LogP contribution >= 0.6 is 0 Å². The number of unbranched alkanes of at least 4 members (excludes halogenated alkanes) is 2. The van der Waals surface area contributed by atoms with E-state index in [1.807, 2.05) is 19.1 Å². The van der Waals surface area contributed by atoms with Gasteiger partial charge in [0, 0.05) is 11.9 Å². The maximum atomic E-state index is 9.80. The van der Waals surface area contributed by atoms with Gasteiger partial charge in [0.1, 0.15) is 0 Å². The summed E-state index contributed by atoms with van der Waals surface area (Å²) in [6.07, 6.45) is 5.75. The van der Waals surface area contributed by atoms with E-state index in [9.17, 15) is 5.11 Å². The predicted molar refractivity (Wildman–Crippen MR) is 58.1 cm³/mol. The summed E-state index contributed by atoms with van der Waals surface area (Å²) in [4.78, 5) is 4.17. The molecule has 0 aliphatic rings. The van der Waals surface area contributed by atoms with Gasteiger partial charge in [-0.1, -0.05) is 32.3 Å². The van der Waals surface area contributed by atoms with Gasteiger partial charge in [0.15, 0.2) is 0 Å². The predicted octanol–water partition coefficient (Wildman–Crippen LogP) is 3.00. The zero-order chi connectivity index (χ0) is 10.4. The lowest BCUT2D eigenvalue weighted by molar-refractivity contribution is 0.163. The number of rotatable bonds is 5. The topological polar surface area (TPSA) is 33.1 Å². The van der Waals surface area contributed by atoms with Crippen LogP contribution in [-0.4, -0.2) is 10.1 Å². The molecule has 1 atom stereocenters. The first-order chi connectivity index (χ1) is 6.74. The minimum Gasteiger partial charge on any atom is -0.388 e. The Morgan fingerprint density at radius 1 is 1.36 bits per heavy atom. The molecule has 0 bridgehead atoms. The van der Waals surface area contributed by atoms with E-state index in [1.165, 1.54) is 12.8 Å². The molecule has 2 heteroatoms. The van der Waals surface area contributed by atoms with Crippen LogP contribution in [0.4, 0.5) is 0 Å². The van der Waals surface area contributed by atoms with Crippen molar-refractivity contribution in [3.63, 3.8) is 0 Å². The van der Waals surface area contributed by atoms with Crippen molar-refractivity contribution < 1.29 is 5.11 Å². The molecule has 1 unspecified atom stereocenters. The molecule has 0 saturated carbocycles. The lowest BCUT2D eigenvalue weighted by atomic mass is 10.0. The molecule has 1 heterocycles. The molecule has 1 aromatic heterocycles. The fourth-order valence-corrected chi connectivity index (χ4v) is 1.43. The summed E-state index contributed by atoms with van der Waals surface area (Å²) in [5, 5.41) is 9.80. The van der Waals surface area contributed by atoms with Gasteiger partial charge in [0.25, 0.3) is 0 Å². The first-order valence-corrected chi connectivity index (χ1v) is 5.34. The largest absolute Gasteiger partial charge is 0.388 e.